The Balaban J connectivity index is 0.000000421. The van der Waals surface area contributed by atoms with Crippen LogP contribution in [0.25, 0.3) is 9.96 Å². The van der Waals surface area contributed by atoms with Gasteiger partial charge in [-0.1, -0.05) is 120 Å². The predicted molar refractivity (Wildman–Crippen MR) is 187 cm³/mol. The minimum atomic E-state index is -1.89. The van der Waals surface area contributed by atoms with E-state index in [1.54, 1.807) is 24.6 Å². The molecule has 2 unspecified atom stereocenters. The Hall–Kier alpha value is -1.77. The molecule has 2 aromatic carbocycles. The molecule has 2 aliphatic rings. The van der Waals surface area contributed by atoms with Crippen LogP contribution in [0.15, 0.2) is 92.4 Å². The standard InChI is InChI=1S/2C18H26NOSi.2Li/c2*1-12-13(2)15(4)18(14(12)3)21(6,7)19-16-10-8-9-11-17(16)20-5;;/h2*8-11,14H,1-7H3;;/q2*-1;2*+1. The summed E-state index contributed by atoms with van der Waals surface area (Å²) in [7, 11) is -0.351. The van der Waals surface area contributed by atoms with Crippen LogP contribution in [0.4, 0.5) is 11.4 Å². The first-order valence-electron chi connectivity index (χ1n) is 15.1. The molecule has 0 saturated carbocycles. The van der Waals surface area contributed by atoms with Crippen LogP contribution in [0.5, 0.6) is 11.5 Å². The number of benzene rings is 2. The van der Waals surface area contributed by atoms with Gasteiger partial charge in [0.15, 0.2) is 0 Å². The molecule has 0 aliphatic heterocycles. The number of nitrogens with zero attached hydrogens (tertiary/aromatic N) is 2. The van der Waals surface area contributed by atoms with E-state index in [1.165, 1.54) is 33.4 Å². The maximum absolute atomic E-state index is 5.45. The third kappa shape index (κ3) is 8.33. The number of methoxy groups -OCH3 is 2. The molecule has 8 heteroatoms. The Morgan fingerprint density at radius 3 is 1.07 bits per heavy atom. The number of para-hydroxylation sites is 2. The van der Waals surface area contributed by atoms with Crippen LogP contribution in [0.1, 0.15) is 55.4 Å². The molecule has 0 radical (unpaired) electrons. The summed E-state index contributed by atoms with van der Waals surface area (Å²) >= 11 is 0. The molecule has 4 nitrogen and oxygen atoms in total. The summed E-state index contributed by atoms with van der Waals surface area (Å²) in [5.74, 6) is 2.77. The van der Waals surface area contributed by atoms with Crippen LogP contribution >= 0.6 is 0 Å². The van der Waals surface area contributed by atoms with Gasteiger partial charge in [0, 0.05) is 0 Å². The van der Waals surface area contributed by atoms with Crippen LogP contribution < -0.4 is 47.2 Å². The first kappa shape index (κ1) is 40.3. The van der Waals surface area contributed by atoms with Gasteiger partial charge in [-0.2, -0.15) is 0 Å². The van der Waals surface area contributed by atoms with E-state index < -0.39 is 16.5 Å². The van der Waals surface area contributed by atoms with Gasteiger partial charge in [0.05, 0.1) is 14.2 Å². The van der Waals surface area contributed by atoms with Gasteiger partial charge < -0.3 is 19.4 Å². The Morgan fingerprint density at radius 1 is 0.523 bits per heavy atom. The molecule has 0 aromatic heterocycles. The average Bonchev–Trinajstić information content (AvgIpc) is 3.27. The smallest absolute Gasteiger partial charge is 0.681 e. The summed E-state index contributed by atoms with van der Waals surface area (Å²) in [5, 5.41) is 3.12. The Morgan fingerprint density at radius 2 is 0.818 bits per heavy atom. The zero-order valence-electron chi connectivity index (χ0n) is 30.5. The second-order valence-electron chi connectivity index (χ2n) is 12.8. The summed E-state index contributed by atoms with van der Waals surface area (Å²) in [4.78, 5) is 10.3. The van der Waals surface area contributed by atoms with E-state index in [-0.39, 0.29) is 37.7 Å². The molecule has 0 fully saturated rings. The van der Waals surface area contributed by atoms with Crippen molar-refractivity contribution >= 4 is 27.8 Å². The number of rotatable bonds is 8. The van der Waals surface area contributed by atoms with E-state index in [4.69, 9.17) is 19.4 Å². The molecule has 4 rings (SSSR count). The number of hydrogen-bond acceptors (Lipinski definition) is 2. The van der Waals surface area contributed by atoms with Gasteiger partial charge in [0.2, 0.25) is 0 Å². The monoisotopic (exact) mass is 614 g/mol. The number of hydrogen-bond donors (Lipinski definition) is 0. The molecular weight excluding hydrogens is 562 g/mol. The summed E-state index contributed by atoms with van der Waals surface area (Å²) in [6.07, 6.45) is 0. The summed E-state index contributed by atoms with van der Waals surface area (Å²) in [6, 6.07) is 16.1. The van der Waals surface area contributed by atoms with E-state index in [2.05, 4.69) is 93.7 Å². The predicted octanol–water partition coefficient (Wildman–Crippen LogP) is 5.50. The first-order valence-corrected chi connectivity index (χ1v) is 21.0. The van der Waals surface area contributed by atoms with Crippen LogP contribution in [0.3, 0.4) is 0 Å². The molecule has 0 heterocycles. The van der Waals surface area contributed by atoms with E-state index in [1.807, 2.05) is 36.4 Å². The first-order chi connectivity index (χ1) is 19.6. The van der Waals surface area contributed by atoms with E-state index >= 15 is 0 Å². The topological polar surface area (TPSA) is 46.7 Å². The fourth-order valence-electron chi connectivity index (χ4n) is 6.87. The van der Waals surface area contributed by atoms with Crippen LogP contribution in [-0.2, 0) is 0 Å². The van der Waals surface area contributed by atoms with Crippen molar-refractivity contribution in [2.24, 2.45) is 11.8 Å². The Bertz CT molecular complexity index is 1350. The summed E-state index contributed by atoms with van der Waals surface area (Å²) in [5.41, 5.74) is 10.8. The average molecular weight is 615 g/mol. The molecular formula is C36H52Li2N2O2Si2. The third-order valence-electron chi connectivity index (χ3n) is 9.57. The Labute approximate surface area is 294 Å². The normalized spacial score (nSPS) is 18.4. The minimum absolute atomic E-state index is 0. The van der Waals surface area contributed by atoms with Crippen molar-refractivity contribution in [3.8, 4) is 11.5 Å². The van der Waals surface area contributed by atoms with Crippen LogP contribution in [0.2, 0.25) is 26.2 Å². The van der Waals surface area contributed by atoms with Crippen LogP contribution in [0, 0.1) is 11.8 Å². The van der Waals surface area contributed by atoms with Crippen molar-refractivity contribution in [2.75, 3.05) is 14.2 Å². The van der Waals surface area contributed by atoms with E-state index in [0.29, 0.717) is 11.8 Å². The molecule has 2 aliphatic carbocycles. The maximum Gasteiger partial charge on any atom is 1.00 e. The fraction of sp³-hybridized carbons (Fsp3) is 0.444. The second-order valence-corrected chi connectivity index (χ2v) is 20.6. The largest absolute Gasteiger partial charge is 1.00 e. The summed E-state index contributed by atoms with van der Waals surface area (Å²) < 4.78 is 10.9. The molecule has 0 saturated heterocycles. The van der Waals surface area contributed by atoms with Gasteiger partial charge in [-0.15, -0.1) is 0 Å². The molecule has 0 amide bonds. The van der Waals surface area contributed by atoms with E-state index in [9.17, 15) is 0 Å². The van der Waals surface area contributed by atoms with Crippen LogP contribution in [-0.4, -0.2) is 30.7 Å². The van der Waals surface area contributed by atoms with Crippen molar-refractivity contribution in [1.29, 1.82) is 0 Å². The van der Waals surface area contributed by atoms with Crippen molar-refractivity contribution < 1.29 is 47.2 Å². The fourth-order valence-corrected chi connectivity index (χ4v) is 13.4. The van der Waals surface area contributed by atoms with Crippen molar-refractivity contribution in [2.45, 2.75) is 81.6 Å². The SMILES string of the molecule is COc1ccccc1[N-][Si](C)(C)C1=C(C)C(C)=C(C)C1C.COc1ccccc1[N-][Si](C)(C)C1=C(C)C(C)=C(C)C1C.[Li+].[Li+]. The number of allylic oxidation sites excluding steroid dienone is 8. The molecule has 0 N–H and O–H groups in total. The Kier molecular flexibility index (Phi) is 14.8. The summed E-state index contributed by atoms with van der Waals surface area (Å²) in [6.45, 7) is 27.5. The van der Waals surface area contributed by atoms with Gasteiger partial charge in [0.1, 0.15) is 11.5 Å². The van der Waals surface area contributed by atoms with Gasteiger partial charge in [-0.3, -0.25) is 0 Å². The van der Waals surface area contributed by atoms with Gasteiger partial charge in [-0.05, 0) is 93.1 Å². The van der Waals surface area contributed by atoms with E-state index in [0.717, 1.165) is 22.9 Å². The molecule has 0 spiro atoms. The van der Waals surface area contributed by atoms with Gasteiger partial charge in [0.25, 0.3) is 0 Å². The molecule has 2 aromatic rings. The molecule has 2 atom stereocenters. The van der Waals surface area contributed by atoms with Crippen molar-refractivity contribution in [3.63, 3.8) is 0 Å². The third-order valence-corrected chi connectivity index (χ3v) is 15.4. The maximum atomic E-state index is 5.45. The zero-order valence-corrected chi connectivity index (χ0v) is 32.5. The number of ether oxygens (including phenoxy) is 2. The quantitative estimate of drug-likeness (QED) is 0.369. The van der Waals surface area contributed by atoms with Crippen molar-refractivity contribution in [3.05, 3.63) is 102 Å². The zero-order chi connectivity index (χ0) is 31.6. The minimum Gasteiger partial charge on any atom is -0.681 e. The van der Waals surface area contributed by atoms with Crippen molar-refractivity contribution in [1.82, 2.24) is 0 Å². The van der Waals surface area contributed by atoms with Gasteiger partial charge in [-0.25, -0.2) is 0 Å². The van der Waals surface area contributed by atoms with Gasteiger partial charge >= 0.3 is 37.7 Å². The second kappa shape index (κ2) is 16.2. The molecule has 228 valence electrons. The molecule has 0 bridgehead atoms. The molecule has 44 heavy (non-hydrogen) atoms.